The summed E-state index contributed by atoms with van der Waals surface area (Å²) in [6, 6.07) is 11.3. The highest BCUT2D eigenvalue weighted by molar-refractivity contribution is 5.94. The SMILES string of the molecule is CC(Oc1ccc(C(C)C)cc1)C(=O)Nc1ccc(-n2cnnc2)nc1. The summed E-state index contributed by atoms with van der Waals surface area (Å²) in [4.78, 5) is 16.6. The fourth-order valence-corrected chi connectivity index (χ4v) is 2.36. The average molecular weight is 351 g/mol. The molecule has 2 aromatic heterocycles. The van der Waals surface area contributed by atoms with Crippen molar-refractivity contribution in [2.24, 2.45) is 0 Å². The second-order valence-electron chi connectivity index (χ2n) is 6.25. The van der Waals surface area contributed by atoms with E-state index in [4.69, 9.17) is 4.74 Å². The third-order valence-corrected chi connectivity index (χ3v) is 3.93. The van der Waals surface area contributed by atoms with E-state index in [0.717, 1.165) is 0 Å². The van der Waals surface area contributed by atoms with Gasteiger partial charge in [0.25, 0.3) is 5.91 Å². The van der Waals surface area contributed by atoms with Crippen LogP contribution in [0.25, 0.3) is 5.82 Å². The standard InChI is InChI=1S/C19H21N5O2/c1-13(2)15-4-7-17(8-5-15)26-14(3)19(25)23-16-6-9-18(20-10-16)24-11-21-22-12-24/h4-14H,1-3H3,(H,23,25). The van der Waals surface area contributed by atoms with Crippen LogP contribution in [-0.4, -0.2) is 31.8 Å². The van der Waals surface area contributed by atoms with Crippen LogP contribution in [0, 0.1) is 0 Å². The van der Waals surface area contributed by atoms with Crippen molar-refractivity contribution in [2.45, 2.75) is 32.8 Å². The number of nitrogens with zero attached hydrogens (tertiary/aromatic N) is 4. The Kier molecular flexibility index (Phi) is 5.26. The molecule has 3 rings (SSSR count). The molecule has 7 nitrogen and oxygen atoms in total. The van der Waals surface area contributed by atoms with Gasteiger partial charge in [0, 0.05) is 0 Å². The zero-order chi connectivity index (χ0) is 18.5. The Labute approximate surface area is 152 Å². The van der Waals surface area contributed by atoms with Crippen molar-refractivity contribution in [3.8, 4) is 11.6 Å². The molecule has 1 N–H and O–H groups in total. The summed E-state index contributed by atoms with van der Waals surface area (Å²) >= 11 is 0. The van der Waals surface area contributed by atoms with Gasteiger partial charge >= 0.3 is 0 Å². The van der Waals surface area contributed by atoms with E-state index >= 15 is 0 Å². The molecule has 0 aliphatic carbocycles. The fraction of sp³-hybridized carbons (Fsp3) is 0.263. The third-order valence-electron chi connectivity index (χ3n) is 3.93. The topological polar surface area (TPSA) is 81.9 Å². The van der Waals surface area contributed by atoms with Crippen LogP contribution in [0.4, 0.5) is 5.69 Å². The van der Waals surface area contributed by atoms with Crippen LogP contribution < -0.4 is 10.1 Å². The molecular weight excluding hydrogens is 330 g/mol. The Morgan fingerprint density at radius 2 is 1.73 bits per heavy atom. The van der Waals surface area contributed by atoms with Crippen LogP contribution >= 0.6 is 0 Å². The number of pyridine rings is 1. The molecule has 0 bridgehead atoms. The smallest absolute Gasteiger partial charge is 0.265 e. The van der Waals surface area contributed by atoms with E-state index < -0.39 is 6.10 Å². The number of carbonyl (C=O) groups is 1. The van der Waals surface area contributed by atoms with Gasteiger partial charge in [0.15, 0.2) is 6.10 Å². The lowest BCUT2D eigenvalue weighted by Crippen LogP contribution is -2.30. The van der Waals surface area contributed by atoms with Gasteiger partial charge < -0.3 is 10.1 Å². The summed E-state index contributed by atoms with van der Waals surface area (Å²) in [5.41, 5.74) is 1.83. The fourth-order valence-electron chi connectivity index (χ4n) is 2.36. The molecule has 0 spiro atoms. The lowest BCUT2D eigenvalue weighted by Gasteiger charge is -2.15. The van der Waals surface area contributed by atoms with Crippen molar-refractivity contribution >= 4 is 11.6 Å². The summed E-state index contributed by atoms with van der Waals surface area (Å²) < 4.78 is 7.39. The first-order chi connectivity index (χ1) is 12.5. The Morgan fingerprint density at radius 1 is 1.04 bits per heavy atom. The van der Waals surface area contributed by atoms with Gasteiger partial charge in [-0.2, -0.15) is 0 Å². The second kappa shape index (κ2) is 7.77. The van der Waals surface area contributed by atoms with Crippen molar-refractivity contribution in [2.75, 3.05) is 5.32 Å². The molecule has 0 aliphatic heterocycles. The number of nitrogens with one attached hydrogen (secondary N) is 1. The maximum Gasteiger partial charge on any atom is 0.265 e. The van der Waals surface area contributed by atoms with E-state index in [2.05, 4.69) is 34.3 Å². The van der Waals surface area contributed by atoms with E-state index in [1.807, 2.05) is 24.3 Å². The minimum Gasteiger partial charge on any atom is -0.481 e. The highest BCUT2D eigenvalue weighted by atomic mass is 16.5. The molecule has 0 saturated heterocycles. The summed E-state index contributed by atoms with van der Waals surface area (Å²) in [6.07, 6.45) is 4.07. The number of amides is 1. The first kappa shape index (κ1) is 17.6. The van der Waals surface area contributed by atoms with Gasteiger partial charge in [-0.05, 0) is 42.7 Å². The van der Waals surface area contributed by atoms with Gasteiger partial charge in [0.1, 0.15) is 24.2 Å². The van der Waals surface area contributed by atoms with Crippen LogP contribution in [0.2, 0.25) is 0 Å². The van der Waals surface area contributed by atoms with E-state index in [1.54, 1.807) is 42.5 Å². The van der Waals surface area contributed by atoms with E-state index in [-0.39, 0.29) is 5.91 Å². The molecule has 3 aromatic rings. The lowest BCUT2D eigenvalue weighted by molar-refractivity contribution is -0.122. The van der Waals surface area contributed by atoms with Gasteiger partial charge in [0.2, 0.25) is 0 Å². The number of anilines is 1. The highest BCUT2D eigenvalue weighted by Crippen LogP contribution is 2.19. The minimum absolute atomic E-state index is 0.239. The minimum atomic E-state index is -0.627. The zero-order valence-electron chi connectivity index (χ0n) is 15.0. The average Bonchev–Trinajstić information content (AvgIpc) is 3.17. The first-order valence-electron chi connectivity index (χ1n) is 8.41. The Morgan fingerprint density at radius 3 is 2.31 bits per heavy atom. The van der Waals surface area contributed by atoms with E-state index in [0.29, 0.717) is 23.2 Å². The van der Waals surface area contributed by atoms with E-state index in [1.165, 1.54) is 5.56 Å². The molecule has 0 aliphatic rings. The van der Waals surface area contributed by atoms with Crippen molar-refractivity contribution in [3.05, 3.63) is 60.8 Å². The number of hydrogen-bond acceptors (Lipinski definition) is 5. The molecule has 0 radical (unpaired) electrons. The Hall–Kier alpha value is -3.22. The third kappa shape index (κ3) is 4.24. The molecule has 26 heavy (non-hydrogen) atoms. The summed E-state index contributed by atoms with van der Waals surface area (Å²) in [7, 11) is 0. The van der Waals surface area contributed by atoms with Crippen LogP contribution in [0.5, 0.6) is 5.75 Å². The van der Waals surface area contributed by atoms with Crippen LogP contribution in [0.15, 0.2) is 55.2 Å². The molecule has 2 heterocycles. The number of ether oxygens (including phenoxy) is 1. The van der Waals surface area contributed by atoms with Crippen LogP contribution in [0.1, 0.15) is 32.3 Å². The molecule has 1 atom stereocenters. The molecule has 1 unspecified atom stereocenters. The highest BCUT2D eigenvalue weighted by Gasteiger charge is 2.15. The number of aromatic nitrogens is 4. The largest absolute Gasteiger partial charge is 0.481 e. The summed E-state index contributed by atoms with van der Waals surface area (Å²) in [5.74, 6) is 1.55. The van der Waals surface area contributed by atoms with Crippen molar-refractivity contribution in [1.29, 1.82) is 0 Å². The monoisotopic (exact) mass is 351 g/mol. The molecule has 0 saturated carbocycles. The Bertz CT molecular complexity index is 843. The molecule has 134 valence electrons. The van der Waals surface area contributed by atoms with Crippen molar-refractivity contribution < 1.29 is 9.53 Å². The van der Waals surface area contributed by atoms with Gasteiger partial charge in [-0.1, -0.05) is 26.0 Å². The van der Waals surface area contributed by atoms with Gasteiger partial charge in [-0.25, -0.2) is 4.98 Å². The number of rotatable bonds is 6. The zero-order valence-corrected chi connectivity index (χ0v) is 15.0. The number of benzene rings is 1. The summed E-state index contributed by atoms with van der Waals surface area (Å²) in [5, 5.41) is 10.3. The first-order valence-corrected chi connectivity index (χ1v) is 8.41. The number of hydrogen-bond donors (Lipinski definition) is 1. The molecule has 1 aromatic carbocycles. The van der Waals surface area contributed by atoms with E-state index in [9.17, 15) is 4.79 Å². The van der Waals surface area contributed by atoms with Crippen molar-refractivity contribution in [1.82, 2.24) is 19.7 Å². The maximum absolute atomic E-state index is 12.3. The molecule has 0 fully saturated rings. The predicted octanol–water partition coefficient (Wildman–Crippen LogP) is 3.19. The maximum atomic E-state index is 12.3. The Balaban J connectivity index is 1.58. The molecular formula is C19H21N5O2. The van der Waals surface area contributed by atoms with Gasteiger partial charge in [0.05, 0.1) is 11.9 Å². The molecule has 7 heteroatoms. The molecule has 1 amide bonds. The van der Waals surface area contributed by atoms with Crippen LogP contribution in [-0.2, 0) is 4.79 Å². The normalized spacial score (nSPS) is 12.0. The van der Waals surface area contributed by atoms with Gasteiger partial charge in [-0.3, -0.25) is 9.36 Å². The number of carbonyl (C=O) groups excluding carboxylic acids is 1. The lowest BCUT2D eigenvalue weighted by atomic mass is 10.0. The second-order valence-corrected chi connectivity index (χ2v) is 6.25. The van der Waals surface area contributed by atoms with Crippen molar-refractivity contribution in [3.63, 3.8) is 0 Å². The predicted molar refractivity (Wildman–Crippen MR) is 98.4 cm³/mol. The van der Waals surface area contributed by atoms with Gasteiger partial charge in [-0.15, -0.1) is 10.2 Å². The van der Waals surface area contributed by atoms with Crippen LogP contribution in [0.3, 0.4) is 0 Å². The summed E-state index contributed by atoms with van der Waals surface area (Å²) in [6.45, 7) is 5.98. The quantitative estimate of drug-likeness (QED) is 0.737.